The highest BCUT2D eigenvalue weighted by Crippen LogP contribution is 2.15. The number of amides is 1. The first kappa shape index (κ1) is 18.3. The zero-order valence-electron chi connectivity index (χ0n) is 14.2. The van der Waals surface area contributed by atoms with Crippen molar-refractivity contribution in [2.24, 2.45) is 0 Å². The predicted molar refractivity (Wildman–Crippen MR) is 96.2 cm³/mol. The molecule has 0 aliphatic heterocycles. The molecule has 0 bridgehead atoms. The molecule has 5 heteroatoms. The monoisotopic (exact) mass is 339 g/mol. The summed E-state index contributed by atoms with van der Waals surface area (Å²) in [7, 11) is 0. The second-order valence-corrected chi connectivity index (χ2v) is 5.75. The lowest BCUT2D eigenvalue weighted by Gasteiger charge is -2.07. The van der Waals surface area contributed by atoms with Crippen LogP contribution in [0.5, 0.6) is 5.75 Å². The maximum Gasteiger partial charge on any atom is 0.325 e. The molecule has 2 N–H and O–H groups in total. The second-order valence-electron chi connectivity index (χ2n) is 5.75. The molecule has 0 aliphatic rings. The van der Waals surface area contributed by atoms with Crippen molar-refractivity contribution in [3.05, 3.63) is 71.3 Å². The van der Waals surface area contributed by atoms with Crippen LogP contribution in [0.2, 0.25) is 0 Å². The van der Waals surface area contributed by atoms with Crippen LogP contribution in [-0.2, 0) is 16.2 Å². The zero-order chi connectivity index (χ0) is 18.2. The third kappa shape index (κ3) is 6.14. The van der Waals surface area contributed by atoms with Crippen molar-refractivity contribution in [3.8, 4) is 5.75 Å². The van der Waals surface area contributed by atoms with Crippen LogP contribution < -0.4 is 10.1 Å². The fourth-order valence-corrected chi connectivity index (χ4v) is 2.02. The van der Waals surface area contributed by atoms with Gasteiger partial charge in [0.1, 0.15) is 18.4 Å². The number of rotatable bonds is 7. The summed E-state index contributed by atoms with van der Waals surface area (Å²) in [4.78, 5) is 22.3. The van der Waals surface area contributed by atoms with Gasteiger partial charge in [-0.2, -0.15) is 0 Å². The molecule has 5 nitrogen and oxygen atoms in total. The van der Waals surface area contributed by atoms with Crippen molar-refractivity contribution in [3.63, 3.8) is 0 Å². The first-order valence-electron chi connectivity index (χ1n) is 7.94. The van der Waals surface area contributed by atoms with E-state index in [9.17, 15) is 9.59 Å². The Morgan fingerprint density at radius 3 is 2.36 bits per heavy atom. The number of aryl methyl sites for hydroxylation is 1. The molecule has 2 aromatic carbocycles. The Morgan fingerprint density at radius 1 is 1.12 bits per heavy atom. The van der Waals surface area contributed by atoms with E-state index in [1.165, 1.54) is 18.6 Å². The third-order valence-corrected chi connectivity index (χ3v) is 3.56. The number of hydrogen-bond donors (Lipinski definition) is 2. The summed E-state index contributed by atoms with van der Waals surface area (Å²) in [5, 5.41) is 11.1. The van der Waals surface area contributed by atoms with Gasteiger partial charge in [-0.25, -0.2) is 0 Å². The van der Waals surface area contributed by atoms with Crippen LogP contribution in [0.4, 0.5) is 0 Å². The zero-order valence-corrected chi connectivity index (χ0v) is 14.2. The summed E-state index contributed by atoms with van der Waals surface area (Å²) < 4.78 is 5.72. The molecule has 2 aromatic rings. The minimum atomic E-state index is -1.07. The molecule has 0 radical (unpaired) electrons. The lowest BCUT2D eigenvalue weighted by molar-refractivity contribution is -0.140. The van der Waals surface area contributed by atoms with Gasteiger partial charge in [0.25, 0.3) is 0 Å². The lowest BCUT2D eigenvalue weighted by Crippen LogP contribution is -2.37. The molecule has 0 saturated carbocycles. The maximum absolute atomic E-state index is 11.6. The molecule has 130 valence electrons. The first-order chi connectivity index (χ1) is 11.9. The van der Waals surface area contributed by atoms with Crippen LogP contribution >= 0.6 is 0 Å². The summed E-state index contributed by atoms with van der Waals surface area (Å²) in [5.41, 5.74) is 3.13. The third-order valence-electron chi connectivity index (χ3n) is 3.56. The fourth-order valence-electron chi connectivity index (χ4n) is 2.02. The second kappa shape index (κ2) is 8.68. The number of carbonyl (C=O) groups excluding carboxylic acids is 1. The summed E-state index contributed by atoms with van der Waals surface area (Å²) in [6.07, 6.45) is 2.93. The summed E-state index contributed by atoms with van der Waals surface area (Å²) in [6, 6.07) is 14.5. The topological polar surface area (TPSA) is 75.6 Å². The SMILES string of the molecule is Cc1ccc(COc2ccc(/C=C/C(=O)N[C@@H](C)C(=O)O)cc2)cc1. The molecule has 1 amide bonds. The van der Waals surface area contributed by atoms with Crippen molar-refractivity contribution in [1.29, 1.82) is 0 Å². The number of ether oxygens (including phenoxy) is 1. The van der Waals surface area contributed by atoms with Gasteiger partial charge in [0, 0.05) is 6.08 Å². The van der Waals surface area contributed by atoms with Gasteiger partial charge in [-0.1, -0.05) is 42.0 Å². The molecule has 0 aromatic heterocycles. The minimum absolute atomic E-state index is 0.449. The van der Waals surface area contributed by atoms with Gasteiger partial charge in [0.2, 0.25) is 5.91 Å². The van der Waals surface area contributed by atoms with Crippen molar-refractivity contribution in [1.82, 2.24) is 5.32 Å². The number of carbonyl (C=O) groups is 2. The summed E-state index contributed by atoms with van der Waals surface area (Å²) in [5.74, 6) is -0.784. The highest BCUT2D eigenvalue weighted by molar-refractivity contribution is 5.94. The normalized spacial score (nSPS) is 11.9. The van der Waals surface area contributed by atoms with Crippen LogP contribution in [0.15, 0.2) is 54.6 Å². The Labute approximate surface area is 146 Å². The van der Waals surface area contributed by atoms with Gasteiger partial charge in [-0.3, -0.25) is 9.59 Å². The fraction of sp³-hybridized carbons (Fsp3) is 0.200. The molecule has 0 unspecified atom stereocenters. The Balaban J connectivity index is 1.86. The first-order valence-corrected chi connectivity index (χ1v) is 7.94. The van der Waals surface area contributed by atoms with E-state index in [4.69, 9.17) is 9.84 Å². The largest absolute Gasteiger partial charge is 0.489 e. The van der Waals surface area contributed by atoms with E-state index in [1.807, 2.05) is 55.5 Å². The van der Waals surface area contributed by atoms with Gasteiger partial charge in [-0.15, -0.1) is 0 Å². The number of benzene rings is 2. The van der Waals surface area contributed by atoms with E-state index in [2.05, 4.69) is 5.32 Å². The summed E-state index contributed by atoms with van der Waals surface area (Å²) in [6.45, 7) is 3.94. The van der Waals surface area contributed by atoms with Gasteiger partial charge in [0.15, 0.2) is 0 Å². The van der Waals surface area contributed by atoms with Crippen LogP contribution in [0, 0.1) is 6.92 Å². The molecular formula is C20H21NO4. The molecule has 0 aliphatic carbocycles. The summed E-state index contributed by atoms with van der Waals surface area (Å²) >= 11 is 0. The van der Waals surface area contributed by atoms with E-state index < -0.39 is 17.9 Å². The van der Waals surface area contributed by atoms with Crippen LogP contribution in [0.1, 0.15) is 23.6 Å². The Kier molecular flexibility index (Phi) is 6.34. The quantitative estimate of drug-likeness (QED) is 0.760. The smallest absolute Gasteiger partial charge is 0.325 e. The number of hydrogen-bond acceptors (Lipinski definition) is 3. The molecular weight excluding hydrogens is 318 g/mol. The molecule has 25 heavy (non-hydrogen) atoms. The highest BCUT2D eigenvalue weighted by Gasteiger charge is 2.11. The van der Waals surface area contributed by atoms with E-state index in [0.717, 1.165) is 16.9 Å². The lowest BCUT2D eigenvalue weighted by atomic mass is 10.1. The van der Waals surface area contributed by atoms with Crippen LogP contribution in [0.3, 0.4) is 0 Å². The van der Waals surface area contributed by atoms with E-state index in [0.29, 0.717) is 6.61 Å². The Hall–Kier alpha value is -3.08. The Morgan fingerprint density at radius 2 is 1.76 bits per heavy atom. The standard InChI is InChI=1S/C20H21NO4/c1-14-3-5-17(6-4-14)13-25-18-10-7-16(8-11-18)9-12-19(22)21-15(2)20(23)24/h3-12,15H,13H2,1-2H3,(H,21,22)(H,23,24)/b12-9+/t15-/m0/s1. The average Bonchev–Trinajstić information content (AvgIpc) is 2.60. The van der Waals surface area contributed by atoms with E-state index in [-0.39, 0.29) is 0 Å². The van der Waals surface area contributed by atoms with Crippen molar-refractivity contribution >= 4 is 18.0 Å². The van der Waals surface area contributed by atoms with Crippen molar-refractivity contribution in [2.75, 3.05) is 0 Å². The maximum atomic E-state index is 11.6. The van der Waals surface area contributed by atoms with Crippen molar-refractivity contribution in [2.45, 2.75) is 26.5 Å². The molecule has 0 heterocycles. The number of aliphatic carboxylic acids is 1. The van der Waals surface area contributed by atoms with Gasteiger partial charge in [-0.05, 0) is 43.2 Å². The Bertz CT molecular complexity index is 748. The van der Waals surface area contributed by atoms with Crippen LogP contribution in [-0.4, -0.2) is 23.0 Å². The molecule has 1 atom stereocenters. The van der Waals surface area contributed by atoms with Crippen molar-refractivity contribution < 1.29 is 19.4 Å². The predicted octanol–water partition coefficient (Wildman–Crippen LogP) is 3.18. The van der Waals surface area contributed by atoms with E-state index >= 15 is 0 Å². The molecule has 0 saturated heterocycles. The van der Waals surface area contributed by atoms with Gasteiger partial charge < -0.3 is 15.2 Å². The average molecular weight is 339 g/mol. The molecule has 0 fully saturated rings. The number of carboxylic acids is 1. The van der Waals surface area contributed by atoms with Crippen LogP contribution in [0.25, 0.3) is 6.08 Å². The number of carboxylic acid groups (broad SMARTS) is 1. The van der Waals surface area contributed by atoms with Gasteiger partial charge in [0.05, 0.1) is 0 Å². The minimum Gasteiger partial charge on any atom is -0.489 e. The highest BCUT2D eigenvalue weighted by atomic mass is 16.5. The van der Waals surface area contributed by atoms with E-state index in [1.54, 1.807) is 6.08 Å². The molecule has 2 rings (SSSR count). The number of nitrogens with one attached hydrogen (secondary N) is 1. The molecule has 0 spiro atoms. The van der Waals surface area contributed by atoms with Gasteiger partial charge >= 0.3 is 5.97 Å².